The van der Waals surface area contributed by atoms with E-state index in [9.17, 15) is 14.4 Å². The van der Waals surface area contributed by atoms with Gasteiger partial charge in [-0.2, -0.15) is 0 Å². The van der Waals surface area contributed by atoms with Crippen LogP contribution < -0.4 is 0 Å². The fourth-order valence-corrected chi connectivity index (χ4v) is 0.714. The Morgan fingerprint density at radius 3 is 1.36 bits per heavy atom. The van der Waals surface area contributed by atoms with E-state index >= 15 is 0 Å². The van der Waals surface area contributed by atoms with Gasteiger partial charge in [-0.1, -0.05) is 0 Å². The first kappa shape index (κ1) is 15.6. The van der Waals surface area contributed by atoms with Crippen LogP contribution in [0.3, 0.4) is 0 Å². The largest absolute Gasteiger partial charge is 1.00 e. The molecule has 0 unspecified atom stereocenters. The van der Waals surface area contributed by atoms with Gasteiger partial charge in [0, 0.05) is 0 Å². The second-order valence-electron chi connectivity index (χ2n) is 2.48. The molecule has 8 heteroatoms. The predicted molar refractivity (Wildman–Crippen MR) is 37.1 cm³/mol. The SMILES string of the molecule is O=C(O)CC(O)(CC(=O)O)C(=O)O.[Ag+]. The average Bonchev–Trinajstić information content (AvgIpc) is 1.82. The van der Waals surface area contributed by atoms with E-state index in [4.69, 9.17) is 20.4 Å². The monoisotopic (exact) mass is 299 g/mol. The van der Waals surface area contributed by atoms with Crippen molar-refractivity contribution in [3.8, 4) is 0 Å². The third-order valence-corrected chi connectivity index (χ3v) is 1.29. The molecule has 84 valence electrons. The molecule has 0 aliphatic heterocycles. The molecule has 0 radical (unpaired) electrons. The van der Waals surface area contributed by atoms with Gasteiger partial charge in [-0.3, -0.25) is 9.59 Å². The van der Waals surface area contributed by atoms with Gasteiger partial charge in [-0.05, 0) is 0 Å². The van der Waals surface area contributed by atoms with Gasteiger partial charge in [-0.25, -0.2) is 4.79 Å². The summed E-state index contributed by atoms with van der Waals surface area (Å²) in [6.45, 7) is 0. The third kappa shape index (κ3) is 4.97. The molecule has 7 nitrogen and oxygen atoms in total. The zero-order valence-corrected chi connectivity index (χ0v) is 8.21. The van der Waals surface area contributed by atoms with Crippen LogP contribution in [0.15, 0.2) is 0 Å². The Kier molecular flexibility index (Phi) is 6.41. The van der Waals surface area contributed by atoms with Gasteiger partial charge in [0.1, 0.15) is 0 Å². The number of hydrogen-bond acceptors (Lipinski definition) is 4. The van der Waals surface area contributed by atoms with Crippen molar-refractivity contribution in [2.45, 2.75) is 18.4 Å². The maximum absolute atomic E-state index is 10.3. The maximum atomic E-state index is 10.3. The van der Waals surface area contributed by atoms with Crippen molar-refractivity contribution in [3.05, 3.63) is 0 Å². The smallest absolute Gasteiger partial charge is 0.481 e. The van der Waals surface area contributed by atoms with E-state index in [1.165, 1.54) is 0 Å². The van der Waals surface area contributed by atoms with Crippen LogP contribution in [0, 0.1) is 0 Å². The Hall–Kier alpha value is -0.890. The predicted octanol–water partition coefficient (Wildman–Crippen LogP) is -1.25. The van der Waals surface area contributed by atoms with Crippen LogP contribution in [0.2, 0.25) is 0 Å². The molecule has 0 heterocycles. The molecule has 0 saturated carbocycles. The third-order valence-electron chi connectivity index (χ3n) is 1.29. The van der Waals surface area contributed by atoms with Crippen molar-refractivity contribution in [1.82, 2.24) is 0 Å². The summed E-state index contributed by atoms with van der Waals surface area (Å²) in [5, 5.41) is 33.8. The molecule has 0 aromatic heterocycles. The fourth-order valence-electron chi connectivity index (χ4n) is 0.714. The Morgan fingerprint density at radius 2 is 1.21 bits per heavy atom. The van der Waals surface area contributed by atoms with Crippen molar-refractivity contribution < 1.29 is 57.2 Å². The Labute approximate surface area is 93.9 Å². The molecule has 0 rings (SSSR count). The summed E-state index contributed by atoms with van der Waals surface area (Å²) in [7, 11) is 0. The number of carbonyl (C=O) groups is 3. The molecule has 0 aliphatic rings. The van der Waals surface area contributed by atoms with Crippen LogP contribution >= 0.6 is 0 Å². The van der Waals surface area contributed by atoms with Crippen LogP contribution in [-0.4, -0.2) is 43.9 Å². The van der Waals surface area contributed by atoms with Crippen LogP contribution in [0.25, 0.3) is 0 Å². The van der Waals surface area contributed by atoms with Crippen molar-refractivity contribution in [1.29, 1.82) is 0 Å². The number of aliphatic hydroxyl groups is 1. The fraction of sp³-hybridized carbons (Fsp3) is 0.500. The zero-order valence-electron chi connectivity index (χ0n) is 6.73. The first-order valence-corrected chi connectivity index (χ1v) is 3.17. The average molecular weight is 300 g/mol. The number of aliphatic carboxylic acids is 3. The Bertz CT molecular complexity index is 233. The van der Waals surface area contributed by atoms with E-state index in [1.807, 2.05) is 0 Å². The van der Waals surface area contributed by atoms with E-state index in [2.05, 4.69) is 0 Å². The molecule has 0 aliphatic carbocycles. The summed E-state index contributed by atoms with van der Waals surface area (Å²) >= 11 is 0. The van der Waals surface area contributed by atoms with E-state index in [1.54, 1.807) is 0 Å². The number of hydrogen-bond donors (Lipinski definition) is 4. The van der Waals surface area contributed by atoms with Gasteiger partial charge in [0.2, 0.25) is 0 Å². The second-order valence-corrected chi connectivity index (χ2v) is 2.48. The normalized spacial score (nSPS) is 10.1. The number of rotatable bonds is 5. The molecule has 0 aromatic rings. The maximum Gasteiger partial charge on any atom is 1.00 e. The van der Waals surface area contributed by atoms with E-state index in [0.29, 0.717) is 0 Å². The second kappa shape index (κ2) is 5.76. The van der Waals surface area contributed by atoms with E-state index in [0.717, 1.165) is 0 Å². The summed E-state index contributed by atoms with van der Waals surface area (Å²) < 4.78 is 0. The van der Waals surface area contributed by atoms with E-state index in [-0.39, 0.29) is 22.4 Å². The molecule has 14 heavy (non-hydrogen) atoms. The van der Waals surface area contributed by atoms with Crippen molar-refractivity contribution in [3.63, 3.8) is 0 Å². The molecule has 0 bridgehead atoms. The number of carboxylic acids is 3. The molecule has 0 amide bonds. The van der Waals surface area contributed by atoms with Gasteiger partial charge >= 0.3 is 40.3 Å². The molecular weight excluding hydrogens is 292 g/mol. The van der Waals surface area contributed by atoms with Gasteiger partial charge in [-0.15, -0.1) is 0 Å². The Balaban J connectivity index is 0. The minimum absolute atomic E-state index is 0. The molecule has 0 aromatic carbocycles. The van der Waals surface area contributed by atoms with Crippen LogP contribution in [-0.2, 0) is 36.8 Å². The summed E-state index contributed by atoms with van der Waals surface area (Å²) in [5.74, 6) is -5.02. The van der Waals surface area contributed by atoms with Gasteiger partial charge in [0.15, 0.2) is 5.60 Å². The summed E-state index contributed by atoms with van der Waals surface area (Å²) in [4.78, 5) is 30.5. The topological polar surface area (TPSA) is 132 Å². The molecule has 0 atom stereocenters. The van der Waals surface area contributed by atoms with E-state index < -0.39 is 36.4 Å². The standard InChI is InChI=1S/C6H8O7.Ag/c7-3(8)1-6(13,5(11)12)2-4(9)10;/h13H,1-2H2,(H,7,8)(H,9,10)(H,11,12);/q;+1. The first-order chi connectivity index (χ1) is 5.78. The molecule has 0 spiro atoms. The van der Waals surface area contributed by atoms with Gasteiger partial charge in [0.25, 0.3) is 0 Å². The van der Waals surface area contributed by atoms with Crippen LogP contribution in [0.4, 0.5) is 0 Å². The van der Waals surface area contributed by atoms with Crippen molar-refractivity contribution in [2.24, 2.45) is 0 Å². The van der Waals surface area contributed by atoms with Crippen LogP contribution in [0.5, 0.6) is 0 Å². The quantitative estimate of drug-likeness (QED) is 0.466. The molecule has 0 saturated heterocycles. The summed E-state index contributed by atoms with van der Waals surface area (Å²) in [6.07, 6.45) is -2.29. The zero-order chi connectivity index (χ0) is 10.6. The van der Waals surface area contributed by atoms with Gasteiger partial charge in [0.05, 0.1) is 12.8 Å². The van der Waals surface area contributed by atoms with Crippen molar-refractivity contribution >= 4 is 17.9 Å². The van der Waals surface area contributed by atoms with Gasteiger partial charge < -0.3 is 20.4 Å². The van der Waals surface area contributed by atoms with Crippen molar-refractivity contribution in [2.75, 3.05) is 0 Å². The number of carboxylic acid groups (broad SMARTS) is 3. The molecule has 4 N–H and O–H groups in total. The molecule has 0 fully saturated rings. The first-order valence-electron chi connectivity index (χ1n) is 3.17. The minimum Gasteiger partial charge on any atom is -0.481 e. The Morgan fingerprint density at radius 1 is 0.929 bits per heavy atom. The summed E-state index contributed by atoms with van der Waals surface area (Å²) in [5.41, 5.74) is -2.74. The summed E-state index contributed by atoms with van der Waals surface area (Å²) in [6, 6.07) is 0. The molecular formula is C6H8AgO7+. The minimum atomic E-state index is -2.74. The van der Waals surface area contributed by atoms with Crippen LogP contribution in [0.1, 0.15) is 12.8 Å².